The van der Waals surface area contributed by atoms with E-state index in [-0.39, 0.29) is 11.7 Å². The lowest BCUT2D eigenvalue weighted by Gasteiger charge is -2.12. The Bertz CT molecular complexity index is 1430. The second-order valence-electron chi connectivity index (χ2n) is 7.59. The topological polar surface area (TPSA) is 74.8 Å². The summed E-state index contributed by atoms with van der Waals surface area (Å²) in [4.78, 5) is 29.0. The average Bonchev–Trinajstić information content (AvgIpc) is 3.51. The summed E-state index contributed by atoms with van der Waals surface area (Å²) in [7, 11) is 0. The number of hydrogen-bond acceptors (Lipinski definition) is 6. The maximum atomic E-state index is 13.5. The van der Waals surface area contributed by atoms with E-state index in [2.05, 4.69) is 4.98 Å². The minimum atomic E-state index is -0.0888. The molecule has 1 saturated heterocycles. The van der Waals surface area contributed by atoms with E-state index in [1.165, 1.54) is 0 Å². The normalized spacial score (nSPS) is 16.9. The van der Waals surface area contributed by atoms with Crippen LogP contribution in [0.3, 0.4) is 0 Å². The van der Waals surface area contributed by atoms with Crippen LogP contribution in [0.2, 0.25) is 0 Å². The van der Waals surface area contributed by atoms with Crippen molar-refractivity contribution in [1.29, 1.82) is 0 Å². The van der Waals surface area contributed by atoms with Gasteiger partial charge in [-0.2, -0.15) is 0 Å². The lowest BCUT2D eigenvalue weighted by atomic mass is 10.2. The third-order valence-electron chi connectivity index (χ3n) is 5.63. The van der Waals surface area contributed by atoms with Gasteiger partial charge in [-0.3, -0.25) is 9.36 Å². The van der Waals surface area contributed by atoms with Gasteiger partial charge >= 0.3 is 0 Å². The highest BCUT2D eigenvalue weighted by atomic mass is 32.1. The summed E-state index contributed by atoms with van der Waals surface area (Å²) in [6, 6.07) is 11.8. The van der Waals surface area contributed by atoms with E-state index < -0.39 is 0 Å². The highest BCUT2D eigenvalue weighted by Gasteiger charge is 2.23. The average molecular weight is 417 g/mol. The number of thiophene rings is 1. The summed E-state index contributed by atoms with van der Waals surface area (Å²) < 4.78 is 9.52. The molecule has 5 heterocycles. The number of nitrogens with zero attached hydrogens (tertiary/aromatic N) is 5. The van der Waals surface area contributed by atoms with Gasteiger partial charge in [0.05, 0.1) is 30.2 Å². The molecule has 0 amide bonds. The van der Waals surface area contributed by atoms with Gasteiger partial charge in [-0.25, -0.2) is 15.0 Å². The predicted octanol–water partition coefficient (Wildman–Crippen LogP) is 3.58. The SMILES string of the molecule is O=c1c2c3nc4ccccc4nc3n(C[C@@H]3CCCO3)c2ncn1Cc1cccs1. The first-order chi connectivity index (χ1) is 14.8. The number of aromatic nitrogens is 5. The highest BCUT2D eigenvalue weighted by Crippen LogP contribution is 2.27. The van der Waals surface area contributed by atoms with Crippen LogP contribution in [0, 0.1) is 0 Å². The van der Waals surface area contributed by atoms with Crippen LogP contribution in [0.4, 0.5) is 0 Å². The Balaban J connectivity index is 1.62. The number of hydrogen-bond donors (Lipinski definition) is 0. The molecule has 1 atom stereocenters. The van der Waals surface area contributed by atoms with E-state index in [1.54, 1.807) is 22.2 Å². The van der Waals surface area contributed by atoms with Crippen molar-refractivity contribution in [2.45, 2.75) is 32.0 Å². The molecule has 4 aromatic heterocycles. The van der Waals surface area contributed by atoms with Crippen LogP contribution < -0.4 is 5.56 Å². The second kappa shape index (κ2) is 7.00. The fourth-order valence-corrected chi connectivity index (χ4v) is 4.89. The lowest BCUT2D eigenvalue weighted by Crippen LogP contribution is -2.21. The molecule has 30 heavy (non-hydrogen) atoms. The molecule has 0 radical (unpaired) electrons. The monoisotopic (exact) mass is 417 g/mol. The molecule has 1 fully saturated rings. The Morgan fingerprint density at radius 2 is 1.97 bits per heavy atom. The summed E-state index contributed by atoms with van der Waals surface area (Å²) in [5.41, 5.74) is 3.42. The number of fused-ring (bicyclic) bond motifs is 4. The van der Waals surface area contributed by atoms with Gasteiger partial charge in [0.1, 0.15) is 17.2 Å². The molecule has 0 aliphatic carbocycles. The number of benzene rings is 1. The first-order valence-electron chi connectivity index (χ1n) is 10.1. The van der Waals surface area contributed by atoms with E-state index in [9.17, 15) is 4.79 Å². The van der Waals surface area contributed by atoms with E-state index in [1.807, 2.05) is 46.3 Å². The van der Waals surface area contributed by atoms with Crippen LogP contribution in [0.5, 0.6) is 0 Å². The number of rotatable bonds is 4. The lowest BCUT2D eigenvalue weighted by molar-refractivity contribution is 0.0987. The third kappa shape index (κ3) is 2.83. The Labute approximate surface area is 175 Å². The van der Waals surface area contributed by atoms with Gasteiger partial charge in [0, 0.05) is 11.5 Å². The fraction of sp³-hybridized carbons (Fsp3) is 0.273. The van der Waals surface area contributed by atoms with Crippen molar-refractivity contribution in [3.63, 3.8) is 0 Å². The molecule has 1 aliphatic rings. The largest absolute Gasteiger partial charge is 0.376 e. The minimum Gasteiger partial charge on any atom is -0.376 e. The van der Waals surface area contributed by atoms with Crippen LogP contribution in [-0.2, 0) is 17.8 Å². The standard InChI is InChI=1S/C22H19N5O2S/c28-22-18-19-21(25-17-8-2-1-7-16(17)24-19)27(11-14-5-3-9-29-14)20(18)23-13-26(22)12-15-6-4-10-30-15/h1-2,4,6-8,10,13-14H,3,5,9,11-12H2/t14-/m0/s1. The maximum absolute atomic E-state index is 13.5. The Hall–Kier alpha value is -3.10. The molecule has 6 rings (SSSR count). The molecule has 8 heteroatoms. The van der Waals surface area contributed by atoms with Crippen LogP contribution in [-0.4, -0.2) is 36.8 Å². The second-order valence-corrected chi connectivity index (χ2v) is 8.62. The van der Waals surface area contributed by atoms with Gasteiger partial charge in [0.2, 0.25) is 0 Å². The van der Waals surface area contributed by atoms with Crippen molar-refractivity contribution < 1.29 is 4.74 Å². The van der Waals surface area contributed by atoms with E-state index in [0.717, 1.165) is 35.4 Å². The minimum absolute atomic E-state index is 0.0888. The summed E-state index contributed by atoms with van der Waals surface area (Å²) in [5, 5.41) is 2.54. The van der Waals surface area contributed by atoms with Crippen molar-refractivity contribution >= 4 is 44.6 Å². The third-order valence-corrected chi connectivity index (χ3v) is 6.50. The summed E-state index contributed by atoms with van der Waals surface area (Å²) in [6.07, 6.45) is 3.79. The zero-order valence-electron chi connectivity index (χ0n) is 16.2. The fourth-order valence-electron chi connectivity index (χ4n) is 4.19. The van der Waals surface area contributed by atoms with Crippen molar-refractivity contribution in [2.24, 2.45) is 0 Å². The van der Waals surface area contributed by atoms with Crippen LogP contribution in [0.15, 0.2) is 52.9 Å². The van der Waals surface area contributed by atoms with Gasteiger partial charge < -0.3 is 9.30 Å². The first kappa shape index (κ1) is 17.7. The zero-order chi connectivity index (χ0) is 20.1. The number of para-hydroxylation sites is 2. The molecule has 0 spiro atoms. The van der Waals surface area contributed by atoms with Crippen LogP contribution in [0.1, 0.15) is 17.7 Å². The molecule has 5 aromatic rings. The van der Waals surface area contributed by atoms with Crippen molar-refractivity contribution in [1.82, 2.24) is 24.1 Å². The molecular weight excluding hydrogens is 398 g/mol. The molecule has 0 saturated carbocycles. The maximum Gasteiger partial charge on any atom is 0.265 e. The van der Waals surface area contributed by atoms with Crippen LogP contribution in [0.25, 0.3) is 33.2 Å². The summed E-state index contributed by atoms with van der Waals surface area (Å²) in [5.74, 6) is 0. The van der Waals surface area contributed by atoms with Gasteiger partial charge in [-0.15, -0.1) is 11.3 Å². The Morgan fingerprint density at radius 1 is 1.10 bits per heavy atom. The summed E-state index contributed by atoms with van der Waals surface area (Å²) in [6.45, 7) is 1.89. The molecule has 7 nitrogen and oxygen atoms in total. The van der Waals surface area contributed by atoms with Gasteiger partial charge in [0.15, 0.2) is 11.3 Å². The van der Waals surface area contributed by atoms with Crippen LogP contribution >= 0.6 is 11.3 Å². The molecule has 0 bridgehead atoms. The molecule has 0 N–H and O–H groups in total. The van der Waals surface area contributed by atoms with Crippen molar-refractivity contribution in [2.75, 3.05) is 6.61 Å². The molecule has 1 aliphatic heterocycles. The highest BCUT2D eigenvalue weighted by molar-refractivity contribution is 7.09. The Kier molecular flexibility index (Phi) is 4.14. The van der Waals surface area contributed by atoms with E-state index >= 15 is 0 Å². The quantitative estimate of drug-likeness (QED) is 0.447. The smallest absolute Gasteiger partial charge is 0.265 e. The predicted molar refractivity (Wildman–Crippen MR) is 117 cm³/mol. The van der Waals surface area contributed by atoms with Gasteiger partial charge in [-0.1, -0.05) is 18.2 Å². The summed E-state index contributed by atoms with van der Waals surface area (Å²) >= 11 is 1.63. The van der Waals surface area contributed by atoms with Crippen molar-refractivity contribution in [3.05, 3.63) is 63.3 Å². The molecule has 1 aromatic carbocycles. The van der Waals surface area contributed by atoms with E-state index in [0.29, 0.717) is 35.3 Å². The van der Waals surface area contributed by atoms with Gasteiger partial charge in [0.25, 0.3) is 5.56 Å². The zero-order valence-corrected chi connectivity index (χ0v) is 17.0. The first-order valence-corrected chi connectivity index (χ1v) is 10.9. The molecule has 0 unspecified atom stereocenters. The number of ether oxygens (including phenoxy) is 1. The molecule has 150 valence electrons. The van der Waals surface area contributed by atoms with Crippen molar-refractivity contribution in [3.8, 4) is 0 Å². The Morgan fingerprint density at radius 3 is 2.73 bits per heavy atom. The molecular formula is C22H19N5O2S. The van der Waals surface area contributed by atoms with Gasteiger partial charge in [-0.05, 0) is 36.4 Å². The van der Waals surface area contributed by atoms with E-state index in [4.69, 9.17) is 14.7 Å².